The monoisotopic (exact) mass is 285 g/mol. The molecule has 0 spiro atoms. The van der Waals surface area contributed by atoms with Crippen LogP contribution in [0.1, 0.15) is 5.56 Å². The van der Waals surface area contributed by atoms with E-state index in [-0.39, 0.29) is 29.1 Å². The van der Waals surface area contributed by atoms with Gasteiger partial charge in [0.15, 0.2) is 0 Å². The SMILES string of the molecule is NCc1c(O)ccc2c(=O)c(-c3ccc(F)cc3)coc12. The molecule has 1 heterocycles. The van der Waals surface area contributed by atoms with Crippen molar-refractivity contribution >= 4 is 11.0 Å². The molecule has 0 fully saturated rings. The van der Waals surface area contributed by atoms with E-state index in [1.165, 1.54) is 42.7 Å². The Hall–Kier alpha value is -2.66. The van der Waals surface area contributed by atoms with E-state index in [0.29, 0.717) is 22.1 Å². The fraction of sp³-hybridized carbons (Fsp3) is 0.0625. The quantitative estimate of drug-likeness (QED) is 0.759. The highest BCUT2D eigenvalue weighted by Crippen LogP contribution is 2.27. The molecule has 0 amide bonds. The van der Waals surface area contributed by atoms with Crippen LogP contribution in [0.25, 0.3) is 22.1 Å². The third kappa shape index (κ3) is 2.17. The van der Waals surface area contributed by atoms with Gasteiger partial charge in [0.1, 0.15) is 23.4 Å². The first kappa shape index (κ1) is 13.3. The average Bonchev–Trinajstić information content (AvgIpc) is 2.49. The van der Waals surface area contributed by atoms with Gasteiger partial charge in [-0.15, -0.1) is 0 Å². The van der Waals surface area contributed by atoms with Crippen molar-refractivity contribution < 1.29 is 13.9 Å². The van der Waals surface area contributed by atoms with Crippen LogP contribution in [0.4, 0.5) is 4.39 Å². The number of hydrogen-bond donors (Lipinski definition) is 2. The number of aromatic hydroxyl groups is 1. The number of benzene rings is 2. The van der Waals surface area contributed by atoms with Crippen LogP contribution in [0.15, 0.2) is 51.9 Å². The zero-order chi connectivity index (χ0) is 15.0. The standard InChI is InChI=1S/C16H12FNO3/c17-10-3-1-9(2-4-10)13-8-21-16-11(15(13)20)5-6-14(19)12(16)7-18/h1-6,8,19H,7,18H2. The van der Waals surface area contributed by atoms with Crippen molar-refractivity contribution in [1.82, 2.24) is 0 Å². The number of rotatable bonds is 2. The van der Waals surface area contributed by atoms with Gasteiger partial charge in [-0.2, -0.15) is 0 Å². The Kier molecular flexibility index (Phi) is 3.19. The van der Waals surface area contributed by atoms with E-state index >= 15 is 0 Å². The van der Waals surface area contributed by atoms with Crippen molar-refractivity contribution in [3.8, 4) is 16.9 Å². The number of phenols is 1. The number of hydrogen-bond acceptors (Lipinski definition) is 4. The average molecular weight is 285 g/mol. The Morgan fingerprint density at radius 2 is 1.86 bits per heavy atom. The zero-order valence-corrected chi connectivity index (χ0v) is 11.0. The van der Waals surface area contributed by atoms with Gasteiger partial charge in [-0.3, -0.25) is 4.79 Å². The van der Waals surface area contributed by atoms with Crippen LogP contribution in [-0.4, -0.2) is 5.11 Å². The Labute approximate surface area is 119 Å². The first-order valence-corrected chi connectivity index (χ1v) is 6.34. The lowest BCUT2D eigenvalue weighted by Gasteiger charge is -2.07. The van der Waals surface area contributed by atoms with Crippen molar-refractivity contribution in [2.75, 3.05) is 0 Å². The van der Waals surface area contributed by atoms with Gasteiger partial charge in [-0.25, -0.2) is 4.39 Å². The van der Waals surface area contributed by atoms with E-state index in [4.69, 9.17) is 10.2 Å². The smallest absolute Gasteiger partial charge is 0.200 e. The molecule has 0 radical (unpaired) electrons. The molecule has 4 nitrogen and oxygen atoms in total. The minimum absolute atomic E-state index is 0.0114. The number of nitrogens with two attached hydrogens (primary N) is 1. The molecule has 0 unspecified atom stereocenters. The molecule has 1 aromatic heterocycles. The molecule has 3 rings (SSSR count). The topological polar surface area (TPSA) is 76.5 Å². The van der Waals surface area contributed by atoms with Gasteiger partial charge >= 0.3 is 0 Å². The number of halogens is 1. The summed E-state index contributed by atoms with van der Waals surface area (Å²) in [6, 6.07) is 8.48. The third-order valence-corrected chi connectivity index (χ3v) is 3.38. The van der Waals surface area contributed by atoms with E-state index in [9.17, 15) is 14.3 Å². The molecule has 21 heavy (non-hydrogen) atoms. The molecule has 3 aromatic rings. The van der Waals surface area contributed by atoms with Crippen LogP contribution in [0.5, 0.6) is 5.75 Å². The van der Waals surface area contributed by atoms with Crippen LogP contribution >= 0.6 is 0 Å². The normalized spacial score (nSPS) is 11.0. The van der Waals surface area contributed by atoms with Crippen molar-refractivity contribution in [3.05, 3.63) is 64.3 Å². The van der Waals surface area contributed by atoms with Crippen molar-refractivity contribution in [1.29, 1.82) is 0 Å². The molecule has 0 saturated heterocycles. The van der Waals surface area contributed by atoms with Gasteiger partial charge in [-0.1, -0.05) is 12.1 Å². The van der Waals surface area contributed by atoms with Crippen LogP contribution in [-0.2, 0) is 6.54 Å². The summed E-state index contributed by atoms with van der Waals surface area (Å²) in [7, 11) is 0. The van der Waals surface area contributed by atoms with Crippen LogP contribution < -0.4 is 11.2 Å². The minimum Gasteiger partial charge on any atom is -0.507 e. The maximum atomic E-state index is 13.0. The van der Waals surface area contributed by atoms with Gasteiger partial charge in [0.2, 0.25) is 5.43 Å². The summed E-state index contributed by atoms with van der Waals surface area (Å²) in [4.78, 5) is 12.5. The van der Waals surface area contributed by atoms with Gasteiger partial charge in [0.25, 0.3) is 0 Å². The summed E-state index contributed by atoms with van der Waals surface area (Å²) in [6.45, 7) is 0.0575. The summed E-state index contributed by atoms with van der Waals surface area (Å²) in [6.07, 6.45) is 1.30. The summed E-state index contributed by atoms with van der Waals surface area (Å²) in [5.74, 6) is -0.387. The fourth-order valence-electron chi connectivity index (χ4n) is 2.27. The molecular formula is C16H12FNO3. The molecule has 0 aliphatic carbocycles. The molecule has 0 atom stereocenters. The predicted octanol–water partition coefficient (Wildman–Crippen LogP) is 2.76. The van der Waals surface area contributed by atoms with Gasteiger partial charge in [-0.05, 0) is 29.8 Å². The third-order valence-electron chi connectivity index (χ3n) is 3.38. The molecule has 0 aliphatic heterocycles. The molecular weight excluding hydrogens is 273 g/mol. The van der Waals surface area contributed by atoms with Crippen LogP contribution in [0, 0.1) is 5.82 Å². The summed E-state index contributed by atoms with van der Waals surface area (Å²) >= 11 is 0. The van der Waals surface area contributed by atoms with E-state index in [2.05, 4.69) is 0 Å². The number of phenolic OH excluding ortho intramolecular Hbond substituents is 1. The first-order chi connectivity index (χ1) is 10.1. The lowest BCUT2D eigenvalue weighted by Crippen LogP contribution is -2.07. The van der Waals surface area contributed by atoms with Crippen molar-refractivity contribution in [3.63, 3.8) is 0 Å². The molecule has 0 saturated carbocycles. The largest absolute Gasteiger partial charge is 0.507 e. The lowest BCUT2D eigenvalue weighted by atomic mass is 10.0. The maximum Gasteiger partial charge on any atom is 0.200 e. The second-order valence-electron chi connectivity index (χ2n) is 4.63. The van der Waals surface area contributed by atoms with E-state index < -0.39 is 0 Å². The molecule has 0 bridgehead atoms. The first-order valence-electron chi connectivity index (χ1n) is 6.34. The Morgan fingerprint density at radius 1 is 1.14 bits per heavy atom. The highest BCUT2D eigenvalue weighted by molar-refractivity contribution is 5.85. The van der Waals surface area contributed by atoms with E-state index in [0.717, 1.165) is 0 Å². The molecule has 106 valence electrons. The second kappa shape index (κ2) is 5.03. The highest BCUT2D eigenvalue weighted by atomic mass is 19.1. The van der Waals surface area contributed by atoms with E-state index in [1.54, 1.807) is 0 Å². The molecule has 5 heteroatoms. The summed E-state index contributed by atoms with van der Waals surface area (Å²) in [5, 5.41) is 10.1. The fourth-order valence-corrected chi connectivity index (χ4v) is 2.27. The van der Waals surface area contributed by atoms with Crippen molar-refractivity contribution in [2.24, 2.45) is 5.73 Å². The maximum absolute atomic E-state index is 13.0. The Bertz CT molecular complexity index is 869. The summed E-state index contributed by atoms with van der Waals surface area (Å²) < 4.78 is 18.4. The van der Waals surface area contributed by atoms with Crippen LogP contribution in [0.2, 0.25) is 0 Å². The van der Waals surface area contributed by atoms with Gasteiger partial charge in [0.05, 0.1) is 16.5 Å². The van der Waals surface area contributed by atoms with Crippen molar-refractivity contribution in [2.45, 2.75) is 6.54 Å². The van der Waals surface area contributed by atoms with Gasteiger partial charge < -0.3 is 15.3 Å². The molecule has 3 N–H and O–H groups in total. The predicted molar refractivity (Wildman–Crippen MR) is 77.4 cm³/mol. The summed E-state index contributed by atoms with van der Waals surface area (Å²) in [5.41, 5.74) is 6.87. The second-order valence-corrected chi connectivity index (χ2v) is 4.63. The molecule has 0 aliphatic rings. The highest BCUT2D eigenvalue weighted by Gasteiger charge is 2.14. The van der Waals surface area contributed by atoms with Gasteiger partial charge in [0, 0.05) is 6.54 Å². The van der Waals surface area contributed by atoms with E-state index in [1.807, 2.05) is 0 Å². The molecule has 2 aromatic carbocycles. The zero-order valence-electron chi connectivity index (χ0n) is 11.0. The lowest BCUT2D eigenvalue weighted by molar-refractivity contribution is 0.466. The Balaban J connectivity index is 2.29. The minimum atomic E-state index is -0.376. The Morgan fingerprint density at radius 3 is 2.52 bits per heavy atom. The number of fused-ring (bicyclic) bond motifs is 1. The van der Waals surface area contributed by atoms with Crippen LogP contribution in [0.3, 0.4) is 0 Å².